The summed E-state index contributed by atoms with van der Waals surface area (Å²) in [5, 5.41) is 0. The molecular weight excluding hydrogens is 140 g/mol. The van der Waals surface area contributed by atoms with E-state index in [1.54, 1.807) is 6.20 Å². The Hall–Kier alpha value is -1.12. The molecule has 0 aliphatic heterocycles. The van der Waals surface area contributed by atoms with Crippen LogP contribution in [-0.4, -0.2) is 15.3 Å². The third-order valence-electron chi connectivity index (χ3n) is 1.67. The lowest BCUT2D eigenvalue weighted by atomic mass is 10.2. The largest absolute Gasteiger partial charge is 0.338 e. The molecule has 0 saturated carbocycles. The maximum atomic E-state index is 11.0. The Morgan fingerprint density at radius 2 is 2.45 bits per heavy atom. The van der Waals surface area contributed by atoms with Crippen LogP contribution < -0.4 is 0 Å². The maximum Gasteiger partial charge on any atom is 0.140 e. The Kier molecular flexibility index (Phi) is 2.41. The van der Waals surface area contributed by atoms with Gasteiger partial charge < -0.3 is 4.57 Å². The van der Waals surface area contributed by atoms with E-state index in [0.717, 1.165) is 5.82 Å². The van der Waals surface area contributed by atoms with Gasteiger partial charge in [-0.2, -0.15) is 0 Å². The van der Waals surface area contributed by atoms with Crippen molar-refractivity contribution in [3.63, 3.8) is 0 Å². The van der Waals surface area contributed by atoms with Crippen LogP contribution in [0.4, 0.5) is 0 Å². The molecule has 3 heteroatoms. The van der Waals surface area contributed by atoms with Crippen LogP contribution in [-0.2, 0) is 18.3 Å². The average molecular weight is 152 g/mol. The monoisotopic (exact) mass is 152 g/mol. The van der Waals surface area contributed by atoms with Crippen LogP contribution >= 0.6 is 0 Å². The van der Waals surface area contributed by atoms with Gasteiger partial charge in [0, 0.05) is 25.9 Å². The highest BCUT2D eigenvalue weighted by atomic mass is 16.1. The summed E-state index contributed by atoms with van der Waals surface area (Å²) >= 11 is 0. The van der Waals surface area contributed by atoms with Crippen molar-refractivity contribution in [2.24, 2.45) is 7.05 Å². The van der Waals surface area contributed by atoms with Crippen molar-refractivity contribution in [2.75, 3.05) is 0 Å². The highest BCUT2D eigenvalue weighted by molar-refractivity contribution is 5.79. The van der Waals surface area contributed by atoms with Gasteiger partial charge in [0.15, 0.2) is 0 Å². The van der Waals surface area contributed by atoms with Crippen molar-refractivity contribution in [3.8, 4) is 0 Å². The zero-order valence-electron chi connectivity index (χ0n) is 6.87. The third kappa shape index (κ3) is 1.90. The van der Waals surface area contributed by atoms with Crippen LogP contribution in [0.3, 0.4) is 0 Å². The maximum absolute atomic E-state index is 11.0. The molecule has 0 aliphatic rings. The molecule has 60 valence electrons. The number of aryl methyl sites for hydroxylation is 1. The molecule has 0 spiro atoms. The molecule has 0 aliphatic carbocycles. The molecule has 1 rings (SSSR count). The average Bonchev–Trinajstić information content (AvgIpc) is 2.37. The molecule has 0 N–H and O–H groups in total. The lowest BCUT2D eigenvalue weighted by Gasteiger charge is -1.97. The summed E-state index contributed by atoms with van der Waals surface area (Å²) in [6.45, 7) is 1.87. The van der Waals surface area contributed by atoms with E-state index >= 15 is 0 Å². The van der Waals surface area contributed by atoms with Gasteiger partial charge in [-0.05, 0) is 0 Å². The van der Waals surface area contributed by atoms with Crippen molar-refractivity contribution < 1.29 is 4.79 Å². The lowest BCUT2D eigenvalue weighted by molar-refractivity contribution is -0.118. The first-order chi connectivity index (χ1) is 5.24. The van der Waals surface area contributed by atoms with E-state index in [9.17, 15) is 4.79 Å². The summed E-state index contributed by atoms with van der Waals surface area (Å²) in [5.74, 6) is 1.08. The summed E-state index contributed by atoms with van der Waals surface area (Å²) in [6.07, 6.45) is 4.60. The second-order valence-corrected chi connectivity index (χ2v) is 2.52. The molecule has 0 bridgehead atoms. The summed E-state index contributed by atoms with van der Waals surface area (Å²) in [5.41, 5.74) is 0. The number of imidazole rings is 1. The molecule has 3 nitrogen and oxygen atoms in total. The Morgan fingerprint density at radius 3 is 2.91 bits per heavy atom. The number of hydrogen-bond acceptors (Lipinski definition) is 2. The number of hydrogen-bond donors (Lipinski definition) is 0. The Morgan fingerprint density at radius 1 is 1.73 bits per heavy atom. The van der Waals surface area contributed by atoms with Crippen molar-refractivity contribution in [2.45, 2.75) is 19.8 Å². The van der Waals surface area contributed by atoms with Gasteiger partial charge in [-0.1, -0.05) is 6.92 Å². The van der Waals surface area contributed by atoms with Gasteiger partial charge in [0.25, 0.3) is 0 Å². The first kappa shape index (κ1) is 7.98. The van der Waals surface area contributed by atoms with Gasteiger partial charge in [-0.25, -0.2) is 4.98 Å². The van der Waals surface area contributed by atoms with Gasteiger partial charge in [-0.3, -0.25) is 4.79 Å². The van der Waals surface area contributed by atoms with Crippen molar-refractivity contribution in [1.82, 2.24) is 9.55 Å². The normalized spacial score (nSPS) is 10.0. The predicted octanol–water partition coefficient (Wildman–Crippen LogP) is 0.942. The van der Waals surface area contributed by atoms with E-state index in [1.807, 2.05) is 24.7 Å². The fourth-order valence-electron chi connectivity index (χ4n) is 0.868. The second kappa shape index (κ2) is 3.32. The smallest absolute Gasteiger partial charge is 0.140 e. The molecule has 0 radical (unpaired) electrons. The zero-order chi connectivity index (χ0) is 8.27. The van der Waals surface area contributed by atoms with Gasteiger partial charge in [0.05, 0.1) is 6.42 Å². The van der Waals surface area contributed by atoms with Crippen LogP contribution in [0.25, 0.3) is 0 Å². The lowest BCUT2D eigenvalue weighted by Crippen LogP contribution is -2.05. The molecule has 0 atom stereocenters. The van der Waals surface area contributed by atoms with Crippen molar-refractivity contribution in [1.29, 1.82) is 0 Å². The van der Waals surface area contributed by atoms with Gasteiger partial charge >= 0.3 is 0 Å². The molecule has 1 heterocycles. The minimum absolute atomic E-state index is 0.235. The SMILES string of the molecule is CCC(=O)Cc1nccn1C. The number of carbonyl (C=O) groups is 1. The number of ketones is 1. The van der Waals surface area contributed by atoms with E-state index in [4.69, 9.17) is 0 Å². The van der Waals surface area contributed by atoms with Crippen LogP contribution in [0.5, 0.6) is 0 Å². The Balaban J connectivity index is 2.64. The highest BCUT2D eigenvalue weighted by Crippen LogP contribution is 1.97. The van der Waals surface area contributed by atoms with Crippen LogP contribution in [0.2, 0.25) is 0 Å². The molecule has 11 heavy (non-hydrogen) atoms. The number of nitrogens with zero attached hydrogens (tertiary/aromatic N) is 2. The topological polar surface area (TPSA) is 34.9 Å². The van der Waals surface area contributed by atoms with E-state index in [-0.39, 0.29) is 5.78 Å². The van der Waals surface area contributed by atoms with Gasteiger partial charge in [0.2, 0.25) is 0 Å². The zero-order valence-corrected chi connectivity index (χ0v) is 6.87. The molecule has 0 fully saturated rings. The molecule has 0 unspecified atom stereocenters. The summed E-state index contributed by atoms with van der Waals surface area (Å²) < 4.78 is 1.87. The van der Waals surface area contributed by atoms with Gasteiger partial charge in [0.1, 0.15) is 11.6 Å². The quantitative estimate of drug-likeness (QED) is 0.646. The third-order valence-corrected chi connectivity index (χ3v) is 1.67. The number of Topliss-reactive ketones (excluding diaryl/α,β-unsaturated/α-hetero) is 1. The van der Waals surface area contributed by atoms with E-state index in [1.165, 1.54) is 0 Å². The first-order valence-corrected chi connectivity index (χ1v) is 3.72. The number of carbonyl (C=O) groups excluding carboxylic acids is 1. The van der Waals surface area contributed by atoms with Crippen LogP contribution in [0, 0.1) is 0 Å². The van der Waals surface area contributed by atoms with Gasteiger partial charge in [-0.15, -0.1) is 0 Å². The molecule has 1 aromatic rings. The summed E-state index contributed by atoms with van der Waals surface area (Å²) in [6, 6.07) is 0. The van der Waals surface area contributed by atoms with E-state index in [0.29, 0.717) is 12.8 Å². The minimum Gasteiger partial charge on any atom is -0.338 e. The van der Waals surface area contributed by atoms with Crippen LogP contribution in [0.1, 0.15) is 19.2 Å². The second-order valence-electron chi connectivity index (χ2n) is 2.52. The van der Waals surface area contributed by atoms with E-state index in [2.05, 4.69) is 4.98 Å². The fourth-order valence-corrected chi connectivity index (χ4v) is 0.868. The first-order valence-electron chi connectivity index (χ1n) is 3.72. The van der Waals surface area contributed by atoms with E-state index < -0.39 is 0 Å². The molecule has 0 aromatic carbocycles. The summed E-state index contributed by atoms with van der Waals surface area (Å²) in [4.78, 5) is 15.0. The Bertz CT molecular complexity index is 252. The number of aromatic nitrogens is 2. The molecule has 1 aromatic heterocycles. The Labute approximate surface area is 66.1 Å². The predicted molar refractivity (Wildman–Crippen MR) is 42.2 cm³/mol. The molecule has 0 saturated heterocycles. The van der Waals surface area contributed by atoms with Crippen molar-refractivity contribution in [3.05, 3.63) is 18.2 Å². The fraction of sp³-hybridized carbons (Fsp3) is 0.500. The van der Waals surface area contributed by atoms with Crippen LogP contribution in [0.15, 0.2) is 12.4 Å². The summed E-state index contributed by atoms with van der Waals surface area (Å²) in [7, 11) is 1.89. The molecular formula is C8H12N2O. The number of rotatable bonds is 3. The minimum atomic E-state index is 0.235. The highest BCUT2D eigenvalue weighted by Gasteiger charge is 2.03. The molecule has 0 amide bonds. The van der Waals surface area contributed by atoms with Crippen molar-refractivity contribution >= 4 is 5.78 Å². The standard InChI is InChI=1S/C8H12N2O/c1-3-7(11)6-8-9-4-5-10(8)2/h4-5H,3,6H2,1-2H3.